The second-order valence-corrected chi connectivity index (χ2v) is 18.1. The molecule has 11 amide bonds. The molecule has 0 aromatic carbocycles. The van der Waals surface area contributed by atoms with Gasteiger partial charge in [0.25, 0.3) is 0 Å². The van der Waals surface area contributed by atoms with Gasteiger partial charge >= 0.3 is 11.9 Å². The van der Waals surface area contributed by atoms with Crippen molar-refractivity contribution < 1.29 is 77.6 Å². The van der Waals surface area contributed by atoms with Crippen molar-refractivity contribution in [3.8, 4) is 0 Å². The SMILES string of the molecule is N=C(N)NCCC[C@H](NC(=O)[C@H](CCCNC(=N)N)NC(=O)[C@H](CS)NC(=O)[C@H](CS)NC(=O)[C@H](CS)NC(=O)[C@H](CS)NC(=O)[C@H](CC(N)=O)NC(=O)[C@@H](N)CC(N)=O)C(=O)N[C@@H](CCC(=O)O)C(=O)N[C@@H](CO)C(=O)O. The van der Waals surface area contributed by atoms with Crippen LogP contribution in [0, 0.1) is 10.8 Å². The minimum atomic E-state index is -1.84. The van der Waals surface area contributed by atoms with Crippen LogP contribution >= 0.6 is 50.5 Å². The second kappa shape index (κ2) is 37.7. The molecule has 34 nitrogen and oxygen atoms in total. The van der Waals surface area contributed by atoms with E-state index in [9.17, 15) is 77.6 Å². The Hall–Kier alpha value is -7.03. The van der Waals surface area contributed by atoms with Crippen molar-refractivity contribution in [3.05, 3.63) is 0 Å². The van der Waals surface area contributed by atoms with Gasteiger partial charge in [0, 0.05) is 42.5 Å². The van der Waals surface area contributed by atoms with Crippen molar-refractivity contribution >= 4 is 139 Å². The lowest BCUT2D eigenvalue weighted by Gasteiger charge is -2.27. The number of aliphatic hydroxyl groups is 1. The zero-order valence-corrected chi connectivity index (χ0v) is 45.3. The number of guanidine groups is 2. The lowest BCUT2D eigenvalue weighted by atomic mass is 10.0. The maximum absolute atomic E-state index is 14.0. The van der Waals surface area contributed by atoms with E-state index in [-0.39, 0.29) is 38.8 Å². The standard InChI is InChI=1S/C40H70N18O16S4/c41-16(9-26(42)60)29(64)53-20(10-27(43)61)33(68)55-23(13-76)35(70)57-25(15-78)37(72)58-24(14-77)36(71)56-22(12-75)34(69)51-18(4-2-8-49-40(46)47)30(65)50-17(3-1-7-48-39(44)45)31(66)52-19(5-6-28(62)63)32(67)54-21(11-59)38(73)74/h16-25,59,75-78H,1-15,41H2,(H2,42,60)(H2,43,61)(H,50,65)(H,51,69)(H,52,66)(H,53,64)(H,54,67)(H,55,68)(H,56,71)(H,57,70)(H,58,72)(H,62,63)(H,73,74)(H4,44,45,48)(H4,46,47,49)/t16-,17-,18-,19-,20-,21-,22-,23-,24-,25-/m0/s1. The van der Waals surface area contributed by atoms with Crippen molar-refractivity contribution in [1.82, 2.24) is 58.5 Å². The summed E-state index contributed by atoms with van der Waals surface area (Å²) < 4.78 is 0. The van der Waals surface area contributed by atoms with Crippen LogP contribution in [0.1, 0.15) is 51.4 Å². The normalized spacial score (nSPS) is 14.6. The molecule has 0 fully saturated rings. The molecule has 78 heavy (non-hydrogen) atoms. The Morgan fingerprint density at radius 1 is 0.410 bits per heavy atom. The highest BCUT2D eigenvalue weighted by atomic mass is 32.1. The van der Waals surface area contributed by atoms with E-state index in [0.29, 0.717) is 0 Å². The molecule has 0 aliphatic heterocycles. The number of rotatable bonds is 39. The number of aliphatic carboxylic acids is 2. The molecule has 0 aromatic rings. The number of aliphatic hydroxyl groups excluding tert-OH is 1. The van der Waals surface area contributed by atoms with Crippen LogP contribution in [-0.2, 0) is 62.3 Å². The topological polar surface area (TPSA) is 593 Å². The average Bonchev–Trinajstić information content (AvgIpc) is 3.36. The first kappa shape index (κ1) is 71.0. The van der Waals surface area contributed by atoms with E-state index in [1.807, 2.05) is 5.32 Å². The molecule has 0 unspecified atom stereocenters. The number of hydrogen-bond donors (Lipinski definition) is 25. The van der Waals surface area contributed by atoms with Crippen molar-refractivity contribution in [2.24, 2.45) is 28.7 Å². The summed E-state index contributed by atoms with van der Waals surface area (Å²) in [6.07, 6.45) is -3.10. The number of primary amides is 2. The molecule has 0 aromatic heterocycles. The van der Waals surface area contributed by atoms with Crippen LogP contribution in [0.5, 0.6) is 0 Å². The summed E-state index contributed by atoms with van der Waals surface area (Å²) in [7, 11) is 0. The van der Waals surface area contributed by atoms with Gasteiger partial charge in [0.05, 0.1) is 25.5 Å². The summed E-state index contributed by atoms with van der Waals surface area (Å²) in [6.45, 7) is -1.10. The van der Waals surface area contributed by atoms with Gasteiger partial charge in [-0.1, -0.05) is 0 Å². The third-order valence-corrected chi connectivity index (χ3v) is 11.8. The summed E-state index contributed by atoms with van der Waals surface area (Å²) in [5.74, 6) is -17.3. The molecule has 0 rings (SSSR count). The van der Waals surface area contributed by atoms with E-state index in [2.05, 4.69) is 104 Å². The minimum Gasteiger partial charge on any atom is -0.481 e. The number of carboxylic acids is 2. The van der Waals surface area contributed by atoms with Gasteiger partial charge in [-0.3, -0.25) is 68.4 Å². The quantitative estimate of drug-likeness (QED) is 0.0118. The molecule has 0 bridgehead atoms. The Kier molecular flexibility index (Phi) is 34.3. The molecule has 0 aliphatic carbocycles. The monoisotopic (exact) mass is 1190 g/mol. The van der Waals surface area contributed by atoms with Crippen LogP contribution in [0.25, 0.3) is 0 Å². The lowest BCUT2D eigenvalue weighted by molar-refractivity contribution is -0.144. The van der Waals surface area contributed by atoms with Crippen LogP contribution in [-0.4, -0.2) is 207 Å². The molecular formula is C40H70N18O16S4. The molecule has 10 atom stereocenters. The van der Waals surface area contributed by atoms with Crippen molar-refractivity contribution in [1.29, 1.82) is 10.8 Å². The summed E-state index contributed by atoms with van der Waals surface area (Å²) in [6, 6.07) is -16.0. The van der Waals surface area contributed by atoms with Gasteiger partial charge in [0.15, 0.2) is 11.9 Å². The summed E-state index contributed by atoms with van der Waals surface area (Å²) in [5.41, 5.74) is 26.6. The number of hydrogen-bond acceptors (Lipinski definition) is 21. The highest BCUT2D eigenvalue weighted by Gasteiger charge is 2.35. The number of carbonyl (C=O) groups is 13. The van der Waals surface area contributed by atoms with Crippen molar-refractivity contribution in [3.63, 3.8) is 0 Å². The number of nitrogens with one attached hydrogen (secondary N) is 13. The zero-order chi connectivity index (χ0) is 59.8. The molecule has 38 heteroatoms. The van der Waals surface area contributed by atoms with Gasteiger partial charge in [-0.05, 0) is 32.1 Å². The molecule has 0 aliphatic rings. The Bertz CT molecular complexity index is 2170. The smallest absolute Gasteiger partial charge is 0.328 e. The first-order valence-corrected chi connectivity index (χ1v) is 25.8. The fourth-order valence-electron chi connectivity index (χ4n) is 6.27. The summed E-state index contributed by atoms with van der Waals surface area (Å²) in [5, 5.41) is 68.4. The van der Waals surface area contributed by atoms with Crippen LogP contribution in [0.2, 0.25) is 0 Å². The zero-order valence-electron chi connectivity index (χ0n) is 41.7. The third kappa shape index (κ3) is 28.4. The number of carboxylic acid groups (broad SMARTS) is 2. The van der Waals surface area contributed by atoms with Crippen LogP contribution in [0.3, 0.4) is 0 Å². The van der Waals surface area contributed by atoms with Gasteiger partial charge in [-0.2, -0.15) is 50.5 Å². The summed E-state index contributed by atoms with van der Waals surface area (Å²) >= 11 is 16.4. The van der Waals surface area contributed by atoms with Gasteiger partial charge in [-0.15, -0.1) is 0 Å². The molecular weight excluding hydrogens is 1120 g/mol. The molecule has 0 radical (unpaired) electrons. The van der Waals surface area contributed by atoms with E-state index >= 15 is 0 Å². The van der Waals surface area contributed by atoms with E-state index in [1.54, 1.807) is 0 Å². The second-order valence-electron chi connectivity index (χ2n) is 16.6. The van der Waals surface area contributed by atoms with Crippen molar-refractivity contribution in [2.45, 2.75) is 112 Å². The molecule has 26 N–H and O–H groups in total. The maximum atomic E-state index is 14.0. The van der Waals surface area contributed by atoms with E-state index in [4.69, 9.17) is 39.5 Å². The molecule has 0 saturated heterocycles. The molecule has 0 saturated carbocycles. The molecule has 440 valence electrons. The fraction of sp³-hybridized carbons (Fsp3) is 0.625. The Labute approximate surface area is 467 Å². The third-order valence-electron chi connectivity index (χ3n) is 10.4. The summed E-state index contributed by atoms with van der Waals surface area (Å²) in [4.78, 5) is 166. The lowest BCUT2D eigenvalue weighted by Crippen LogP contribution is -2.61. The fourth-order valence-corrected chi connectivity index (χ4v) is 7.30. The van der Waals surface area contributed by atoms with E-state index < -0.39 is 205 Å². The van der Waals surface area contributed by atoms with Crippen molar-refractivity contribution in [2.75, 3.05) is 42.7 Å². The van der Waals surface area contributed by atoms with Gasteiger partial charge in [0.2, 0.25) is 65.0 Å². The number of amides is 11. The number of carbonyl (C=O) groups excluding carboxylic acids is 11. The Morgan fingerprint density at radius 2 is 0.692 bits per heavy atom. The predicted octanol–water partition coefficient (Wildman–Crippen LogP) is -10.4. The Morgan fingerprint density at radius 3 is 0.974 bits per heavy atom. The van der Waals surface area contributed by atoms with Crippen LogP contribution < -0.4 is 87.2 Å². The van der Waals surface area contributed by atoms with Crippen LogP contribution in [0.15, 0.2) is 0 Å². The van der Waals surface area contributed by atoms with Crippen LogP contribution in [0.4, 0.5) is 0 Å². The first-order chi connectivity index (χ1) is 36.5. The van der Waals surface area contributed by atoms with Gasteiger partial charge in [0.1, 0.15) is 54.4 Å². The molecule has 0 heterocycles. The average molecular weight is 1190 g/mol. The molecule has 0 spiro atoms. The van der Waals surface area contributed by atoms with Gasteiger partial charge in [-0.25, -0.2) is 4.79 Å². The largest absolute Gasteiger partial charge is 0.481 e. The number of nitrogens with two attached hydrogens (primary N) is 5. The highest BCUT2D eigenvalue weighted by Crippen LogP contribution is 2.08. The Balaban J connectivity index is 6.44. The maximum Gasteiger partial charge on any atom is 0.328 e. The van der Waals surface area contributed by atoms with E-state index in [1.165, 1.54) is 0 Å². The first-order valence-electron chi connectivity index (χ1n) is 23.3. The van der Waals surface area contributed by atoms with Gasteiger partial charge < -0.3 is 102 Å². The highest BCUT2D eigenvalue weighted by molar-refractivity contribution is 7.80. The number of thiol groups is 4. The van der Waals surface area contributed by atoms with E-state index in [0.717, 1.165) is 0 Å². The predicted molar refractivity (Wildman–Crippen MR) is 288 cm³/mol. The minimum absolute atomic E-state index is 0.0116.